The first-order valence-corrected chi connectivity index (χ1v) is 12.2. The van der Waals surface area contributed by atoms with E-state index >= 15 is 0 Å². The van der Waals surface area contributed by atoms with Gasteiger partial charge in [0.1, 0.15) is 6.54 Å². The highest BCUT2D eigenvalue weighted by molar-refractivity contribution is 7.10. The van der Waals surface area contributed by atoms with Crippen molar-refractivity contribution in [1.29, 1.82) is 0 Å². The fraction of sp³-hybridized carbons (Fsp3) is 0.333. The number of rotatable bonds is 7. The molecule has 0 bridgehead atoms. The molecule has 4 rings (SSSR count). The number of unbranched alkanes of at least 4 members (excludes halogenated alkanes) is 1. The van der Waals surface area contributed by atoms with Crippen LogP contribution in [0.3, 0.4) is 0 Å². The lowest BCUT2D eigenvalue weighted by Gasteiger charge is -2.38. The van der Waals surface area contributed by atoms with Gasteiger partial charge in [0, 0.05) is 23.5 Å². The third-order valence-corrected chi connectivity index (χ3v) is 7.18. The molecule has 2 amide bonds. The Morgan fingerprint density at radius 3 is 2.53 bits per heavy atom. The number of aryl methyl sites for hydroxylation is 1. The summed E-state index contributed by atoms with van der Waals surface area (Å²) in [7, 11) is 0. The molecule has 2 heterocycles. The molecule has 0 aliphatic carbocycles. The van der Waals surface area contributed by atoms with Gasteiger partial charge in [0.05, 0.1) is 6.04 Å². The van der Waals surface area contributed by atoms with Gasteiger partial charge in [0.2, 0.25) is 5.91 Å². The van der Waals surface area contributed by atoms with Crippen molar-refractivity contribution in [2.75, 3.05) is 19.6 Å². The molecule has 1 aliphatic heterocycles. The zero-order valence-electron chi connectivity index (χ0n) is 18.8. The molecule has 5 heteroatoms. The lowest BCUT2D eigenvalue weighted by Crippen LogP contribution is -2.47. The van der Waals surface area contributed by atoms with E-state index < -0.39 is 0 Å². The lowest BCUT2D eigenvalue weighted by atomic mass is 9.90. The number of nitrogens with zero attached hydrogens (tertiary/aromatic N) is 2. The van der Waals surface area contributed by atoms with Crippen LogP contribution in [-0.4, -0.2) is 41.2 Å². The average molecular weight is 447 g/mol. The second-order valence-electron chi connectivity index (χ2n) is 8.34. The van der Waals surface area contributed by atoms with E-state index in [4.69, 9.17) is 0 Å². The van der Waals surface area contributed by atoms with Gasteiger partial charge in [0.15, 0.2) is 0 Å². The SMILES string of the molecule is CCCCN(CC(=O)N1CCc2sccc2C1c1ccccc1C)C(=O)c1ccccc1. The Morgan fingerprint density at radius 1 is 1.03 bits per heavy atom. The van der Waals surface area contributed by atoms with E-state index in [1.165, 1.54) is 16.0 Å². The van der Waals surface area contributed by atoms with Gasteiger partial charge in [-0.25, -0.2) is 0 Å². The Morgan fingerprint density at radius 2 is 1.78 bits per heavy atom. The number of benzene rings is 2. The van der Waals surface area contributed by atoms with Crippen LogP contribution in [0.1, 0.15) is 57.7 Å². The Labute approximate surface area is 194 Å². The van der Waals surface area contributed by atoms with Crippen LogP contribution >= 0.6 is 11.3 Å². The fourth-order valence-corrected chi connectivity index (χ4v) is 5.34. The number of carbonyl (C=O) groups is 2. The monoisotopic (exact) mass is 446 g/mol. The lowest BCUT2D eigenvalue weighted by molar-refractivity contribution is -0.134. The molecule has 166 valence electrons. The second kappa shape index (κ2) is 10.1. The molecule has 1 atom stereocenters. The second-order valence-corrected chi connectivity index (χ2v) is 9.34. The maximum atomic E-state index is 13.7. The van der Waals surface area contributed by atoms with Gasteiger partial charge in [-0.2, -0.15) is 0 Å². The van der Waals surface area contributed by atoms with E-state index in [-0.39, 0.29) is 24.4 Å². The Hall–Kier alpha value is -2.92. The van der Waals surface area contributed by atoms with Gasteiger partial charge in [-0.3, -0.25) is 9.59 Å². The van der Waals surface area contributed by atoms with Gasteiger partial charge in [-0.05, 0) is 60.0 Å². The van der Waals surface area contributed by atoms with Crippen molar-refractivity contribution in [3.63, 3.8) is 0 Å². The van der Waals surface area contributed by atoms with E-state index in [0.29, 0.717) is 18.7 Å². The van der Waals surface area contributed by atoms with Crippen LogP contribution in [0, 0.1) is 6.92 Å². The van der Waals surface area contributed by atoms with Crippen LogP contribution in [0.5, 0.6) is 0 Å². The molecule has 4 nitrogen and oxygen atoms in total. The van der Waals surface area contributed by atoms with Gasteiger partial charge >= 0.3 is 0 Å². The highest BCUT2D eigenvalue weighted by atomic mass is 32.1. The van der Waals surface area contributed by atoms with E-state index in [1.54, 1.807) is 16.2 Å². The number of amides is 2. The van der Waals surface area contributed by atoms with Crippen molar-refractivity contribution in [2.24, 2.45) is 0 Å². The predicted molar refractivity (Wildman–Crippen MR) is 130 cm³/mol. The summed E-state index contributed by atoms with van der Waals surface area (Å²) >= 11 is 1.77. The van der Waals surface area contributed by atoms with E-state index in [1.807, 2.05) is 47.4 Å². The Bertz CT molecular complexity index is 1080. The number of thiophene rings is 1. The normalized spacial score (nSPS) is 15.3. The summed E-state index contributed by atoms with van der Waals surface area (Å²) in [5.74, 6) is -0.0661. The number of carbonyl (C=O) groups excluding carboxylic acids is 2. The molecule has 2 aromatic carbocycles. The van der Waals surface area contributed by atoms with Crippen molar-refractivity contribution >= 4 is 23.2 Å². The Kier molecular flexibility index (Phi) is 7.05. The number of hydrogen-bond donors (Lipinski definition) is 0. The molecule has 0 N–H and O–H groups in total. The molecule has 32 heavy (non-hydrogen) atoms. The Balaban J connectivity index is 1.62. The quantitative estimate of drug-likeness (QED) is 0.483. The summed E-state index contributed by atoms with van der Waals surface area (Å²) in [6.45, 7) is 5.57. The van der Waals surface area contributed by atoms with Crippen LogP contribution in [0.2, 0.25) is 0 Å². The predicted octanol–water partition coefficient (Wildman–Crippen LogP) is 5.47. The molecular formula is C27H30N2O2S. The standard InChI is InChI=1S/C27H30N2O2S/c1-3-4-16-28(27(31)21-11-6-5-7-12-21)19-25(30)29-17-14-24-23(15-18-32-24)26(29)22-13-9-8-10-20(22)2/h5-13,15,18,26H,3-4,14,16-17,19H2,1-2H3. The molecule has 0 saturated carbocycles. The molecule has 3 aromatic rings. The van der Waals surface area contributed by atoms with Crippen LogP contribution in [0.25, 0.3) is 0 Å². The van der Waals surface area contributed by atoms with E-state index in [0.717, 1.165) is 24.8 Å². The van der Waals surface area contributed by atoms with Gasteiger partial charge in [-0.1, -0.05) is 55.8 Å². The minimum atomic E-state index is -0.0986. The van der Waals surface area contributed by atoms with Crippen LogP contribution < -0.4 is 0 Å². The maximum absolute atomic E-state index is 13.7. The highest BCUT2D eigenvalue weighted by Crippen LogP contribution is 2.39. The molecule has 1 aromatic heterocycles. The zero-order chi connectivity index (χ0) is 22.5. The van der Waals surface area contributed by atoms with Gasteiger partial charge < -0.3 is 9.80 Å². The first-order valence-electron chi connectivity index (χ1n) is 11.4. The van der Waals surface area contributed by atoms with Crippen LogP contribution in [-0.2, 0) is 11.2 Å². The summed E-state index contributed by atoms with van der Waals surface area (Å²) < 4.78 is 0. The molecule has 0 radical (unpaired) electrons. The van der Waals surface area contributed by atoms with Crippen molar-refractivity contribution in [2.45, 2.75) is 39.2 Å². The fourth-order valence-electron chi connectivity index (χ4n) is 4.43. The van der Waals surface area contributed by atoms with E-state index in [9.17, 15) is 9.59 Å². The summed E-state index contributed by atoms with van der Waals surface area (Å²) in [5.41, 5.74) is 4.19. The van der Waals surface area contributed by atoms with Gasteiger partial charge in [0.25, 0.3) is 5.91 Å². The van der Waals surface area contributed by atoms with Crippen LogP contribution in [0.15, 0.2) is 66.0 Å². The third-order valence-electron chi connectivity index (χ3n) is 6.18. The van der Waals surface area contributed by atoms with Gasteiger partial charge in [-0.15, -0.1) is 11.3 Å². The largest absolute Gasteiger partial charge is 0.330 e. The molecule has 0 spiro atoms. The summed E-state index contributed by atoms with van der Waals surface area (Å²) in [4.78, 5) is 31.9. The molecule has 1 aliphatic rings. The molecule has 0 fully saturated rings. The number of hydrogen-bond acceptors (Lipinski definition) is 3. The molecule has 0 saturated heterocycles. The smallest absolute Gasteiger partial charge is 0.254 e. The van der Waals surface area contributed by atoms with Crippen LogP contribution in [0.4, 0.5) is 0 Å². The zero-order valence-corrected chi connectivity index (χ0v) is 19.6. The summed E-state index contributed by atoms with van der Waals surface area (Å²) in [5, 5.41) is 2.12. The summed E-state index contributed by atoms with van der Waals surface area (Å²) in [6.07, 6.45) is 2.71. The minimum absolute atomic E-state index is 0.00971. The minimum Gasteiger partial charge on any atom is -0.330 e. The third kappa shape index (κ3) is 4.63. The topological polar surface area (TPSA) is 40.6 Å². The van der Waals surface area contributed by atoms with Crippen molar-refractivity contribution in [1.82, 2.24) is 9.80 Å². The van der Waals surface area contributed by atoms with Crippen molar-refractivity contribution < 1.29 is 9.59 Å². The highest BCUT2D eigenvalue weighted by Gasteiger charge is 2.34. The first kappa shape index (κ1) is 22.3. The molecule has 1 unspecified atom stereocenters. The maximum Gasteiger partial charge on any atom is 0.254 e. The van der Waals surface area contributed by atoms with Crippen molar-refractivity contribution in [3.05, 3.63) is 93.2 Å². The number of fused-ring (bicyclic) bond motifs is 1. The average Bonchev–Trinajstić information content (AvgIpc) is 3.30. The first-order chi connectivity index (χ1) is 15.6. The van der Waals surface area contributed by atoms with E-state index in [2.05, 4.69) is 37.4 Å². The summed E-state index contributed by atoms with van der Waals surface area (Å²) in [6, 6.07) is 19.6. The van der Waals surface area contributed by atoms with Crippen molar-refractivity contribution in [3.8, 4) is 0 Å². The molecular weight excluding hydrogens is 416 g/mol.